The fourth-order valence-corrected chi connectivity index (χ4v) is 1.13. The van der Waals surface area contributed by atoms with Crippen LogP contribution < -0.4 is 4.90 Å². The molecule has 0 unspecified atom stereocenters. The summed E-state index contributed by atoms with van der Waals surface area (Å²) in [6.07, 6.45) is 0.824. The lowest BCUT2D eigenvalue weighted by Gasteiger charge is -2.10. The van der Waals surface area contributed by atoms with Crippen molar-refractivity contribution in [2.75, 3.05) is 19.0 Å². The molecule has 68 valence electrons. The molecule has 2 heterocycles. The normalized spacial score (nSPS) is 10.7. The summed E-state index contributed by atoms with van der Waals surface area (Å²) in [4.78, 5) is 8.93. The van der Waals surface area contributed by atoms with E-state index in [9.17, 15) is 4.39 Å². The first kappa shape index (κ1) is 7.90. The zero-order valence-corrected chi connectivity index (χ0v) is 7.24. The maximum Gasteiger partial charge on any atom is 0.312 e. The Morgan fingerprint density at radius 2 is 2.15 bits per heavy atom. The molecule has 0 fully saturated rings. The fourth-order valence-electron chi connectivity index (χ4n) is 1.13. The second-order valence-corrected chi connectivity index (χ2v) is 2.84. The van der Waals surface area contributed by atoms with Crippen molar-refractivity contribution in [3.05, 3.63) is 12.3 Å². The maximum absolute atomic E-state index is 12.8. The predicted octanol–water partition coefficient (Wildman–Crippen LogP) is 0.558. The molecular formula is C7H8FN5. The van der Waals surface area contributed by atoms with Gasteiger partial charge in [-0.25, -0.2) is 0 Å². The molecule has 0 bridgehead atoms. The van der Waals surface area contributed by atoms with Gasteiger partial charge < -0.3 is 4.90 Å². The number of hydrogen-bond acceptors (Lipinski definition) is 4. The minimum Gasteiger partial charge on any atom is -0.362 e. The van der Waals surface area contributed by atoms with Gasteiger partial charge in [0.05, 0.1) is 11.6 Å². The molecule has 13 heavy (non-hydrogen) atoms. The van der Waals surface area contributed by atoms with E-state index in [2.05, 4.69) is 20.2 Å². The molecular weight excluding hydrogens is 173 g/mol. The third kappa shape index (κ3) is 1.20. The average Bonchev–Trinajstić information content (AvgIpc) is 2.49. The number of hydrogen-bond donors (Lipinski definition) is 1. The summed E-state index contributed by atoms with van der Waals surface area (Å²) in [5.41, 5.74) is 0.413. The Balaban J connectivity index is 2.77. The quantitative estimate of drug-likeness (QED) is 0.653. The van der Waals surface area contributed by atoms with Gasteiger partial charge in [0.2, 0.25) is 0 Å². The number of aromatic nitrogens is 4. The first-order valence-electron chi connectivity index (χ1n) is 3.72. The summed E-state index contributed by atoms with van der Waals surface area (Å²) in [5, 5.41) is 7.07. The molecule has 0 saturated carbocycles. The van der Waals surface area contributed by atoms with Crippen molar-refractivity contribution in [2.24, 2.45) is 0 Å². The van der Waals surface area contributed by atoms with Crippen LogP contribution in [0.15, 0.2) is 6.20 Å². The minimum absolute atomic E-state index is 0.413. The monoisotopic (exact) mass is 181 g/mol. The summed E-state index contributed by atoms with van der Waals surface area (Å²) >= 11 is 0. The summed E-state index contributed by atoms with van der Waals surface area (Å²) in [5.74, 6) is 0.524. The van der Waals surface area contributed by atoms with Crippen LogP contribution in [-0.4, -0.2) is 34.3 Å². The molecule has 5 nitrogen and oxygen atoms in total. The molecule has 0 atom stereocenters. The minimum atomic E-state index is -0.750. The van der Waals surface area contributed by atoms with Gasteiger partial charge in [-0.1, -0.05) is 0 Å². The van der Waals surface area contributed by atoms with Gasteiger partial charge in [-0.3, -0.25) is 5.10 Å². The lowest BCUT2D eigenvalue weighted by Crippen LogP contribution is -2.12. The topological polar surface area (TPSA) is 57.7 Å². The van der Waals surface area contributed by atoms with Crippen LogP contribution in [0.5, 0.6) is 0 Å². The molecule has 0 spiro atoms. The Labute approximate surface area is 73.6 Å². The van der Waals surface area contributed by atoms with Gasteiger partial charge in [-0.15, -0.1) is 0 Å². The largest absolute Gasteiger partial charge is 0.362 e. The Bertz CT molecular complexity index is 435. The number of nitrogens with zero attached hydrogens (tertiary/aromatic N) is 4. The smallest absolute Gasteiger partial charge is 0.312 e. The Kier molecular flexibility index (Phi) is 1.61. The van der Waals surface area contributed by atoms with E-state index in [-0.39, 0.29) is 0 Å². The first-order chi connectivity index (χ1) is 6.18. The Morgan fingerprint density at radius 1 is 1.38 bits per heavy atom. The van der Waals surface area contributed by atoms with Crippen LogP contribution in [-0.2, 0) is 0 Å². The van der Waals surface area contributed by atoms with Gasteiger partial charge in [-0.2, -0.15) is 19.5 Å². The molecule has 0 amide bonds. The third-order valence-electron chi connectivity index (χ3n) is 1.69. The summed E-state index contributed by atoms with van der Waals surface area (Å²) in [6.45, 7) is 0. The Hall–Kier alpha value is -1.72. The van der Waals surface area contributed by atoms with E-state index in [1.54, 1.807) is 25.2 Å². The van der Waals surface area contributed by atoms with E-state index >= 15 is 0 Å². The predicted molar refractivity (Wildman–Crippen MR) is 46.0 cm³/mol. The van der Waals surface area contributed by atoms with Crippen molar-refractivity contribution in [1.29, 1.82) is 0 Å². The highest BCUT2D eigenvalue weighted by Crippen LogP contribution is 2.19. The maximum atomic E-state index is 12.8. The highest BCUT2D eigenvalue weighted by atomic mass is 19.1. The molecule has 0 aromatic carbocycles. The van der Waals surface area contributed by atoms with Gasteiger partial charge in [-0.05, 0) is 0 Å². The third-order valence-corrected chi connectivity index (χ3v) is 1.69. The number of nitrogens with one attached hydrogen (secondary N) is 1. The number of fused-ring (bicyclic) bond motifs is 1. The summed E-state index contributed by atoms with van der Waals surface area (Å²) < 4.78 is 12.8. The van der Waals surface area contributed by atoms with Crippen molar-refractivity contribution in [3.8, 4) is 0 Å². The molecule has 2 aromatic rings. The van der Waals surface area contributed by atoms with Crippen LogP contribution in [0.25, 0.3) is 11.0 Å². The van der Waals surface area contributed by atoms with E-state index in [0.29, 0.717) is 16.9 Å². The van der Waals surface area contributed by atoms with Crippen LogP contribution in [0.2, 0.25) is 0 Å². The highest BCUT2D eigenvalue weighted by Gasteiger charge is 2.09. The van der Waals surface area contributed by atoms with E-state index in [4.69, 9.17) is 0 Å². The van der Waals surface area contributed by atoms with Crippen molar-refractivity contribution >= 4 is 16.9 Å². The van der Waals surface area contributed by atoms with E-state index in [1.165, 1.54) is 0 Å². The van der Waals surface area contributed by atoms with E-state index < -0.39 is 6.08 Å². The molecule has 6 heteroatoms. The van der Waals surface area contributed by atoms with Crippen molar-refractivity contribution in [3.63, 3.8) is 0 Å². The highest BCUT2D eigenvalue weighted by molar-refractivity contribution is 5.85. The molecule has 0 aliphatic carbocycles. The van der Waals surface area contributed by atoms with Crippen LogP contribution in [0.4, 0.5) is 10.2 Å². The summed E-state index contributed by atoms with van der Waals surface area (Å²) in [6, 6.07) is 0. The molecule has 0 saturated heterocycles. The second kappa shape index (κ2) is 2.65. The molecule has 2 rings (SSSR count). The SMILES string of the molecule is CN(C)c1nc(F)nc2[nH]ncc12. The lowest BCUT2D eigenvalue weighted by atomic mass is 10.4. The fraction of sp³-hybridized carbons (Fsp3) is 0.286. The zero-order chi connectivity index (χ0) is 9.42. The van der Waals surface area contributed by atoms with Crippen molar-refractivity contribution in [1.82, 2.24) is 20.2 Å². The van der Waals surface area contributed by atoms with E-state index in [1.807, 2.05) is 0 Å². The molecule has 2 aromatic heterocycles. The number of aromatic amines is 1. The summed E-state index contributed by atoms with van der Waals surface area (Å²) in [7, 11) is 3.57. The van der Waals surface area contributed by atoms with Gasteiger partial charge >= 0.3 is 6.08 Å². The van der Waals surface area contributed by atoms with Crippen LogP contribution >= 0.6 is 0 Å². The van der Waals surface area contributed by atoms with Gasteiger partial charge in [0.15, 0.2) is 5.65 Å². The average molecular weight is 181 g/mol. The molecule has 0 radical (unpaired) electrons. The van der Waals surface area contributed by atoms with E-state index in [0.717, 1.165) is 0 Å². The van der Waals surface area contributed by atoms with Crippen LogP contribution in [0.3, 0.4) is 0 Å². The molecule has 0 aliphatic heterocycles. The molecule has 0 aliphatic rings. The Morgan fingerprint density at radius 3 is 2.85 bits per heavy atom. The van der Waals surface area contributed by atoms with Crippen LogP contribution in [0, 0.1) is 6.08 Å². The van der Waals surface area contributed by atoms with Crippen molar-refractivity contribution in [2.45, 2.75) is 0 Å². The van der Waals surface area contributed by atoms with Crippen LogP contribution in [0.1, 0.15) is 0 Å². The van der Waals surface area contributed by atoms with Gasteiger partial charge in [0, 0.05) is 14.1 Å². The lowest BCUT2D eigenvalue weighted by molar-refractivity contribution is 0.543. The van der Waals surface area contributed by atoms with Crippen molar-refractivity contribution < 1.29 is 4.39 Å². The molecule has 1 N–H and O–H groups in total. The second-order valence-electron chi connectivity index (χ2n) is 2.84. The van der Waals surface area contributed by atoms with Gasteiger partial charge in [0.1, 0.15) is 5.82 Å². The zero-order valence-electron chi connectivity index (χ0n) is 7.24. The number of anilines is 1. The number of rotatable bonds is 1. The standard InChI is InChI=1S/C7H8FN5/c1-13(2)6-4-3-9-12-5(4)10-7(8)11-6/h3H,1-2H3,(H,9,10,11,12). The van der Waals surface area contributed by atoms with Gasteiger partial charge in [0.25, 0.3) is 0 Å². The first-order valence-corrected chi connectivity index (χ1v) is 3.72. The number of H-pyrrole nitrogens is 1. The number of halogens is 1.